The molecule has 28 heavy (non-hydrogen) atoms. The van der Waals surface area contributed by atoms with Crippen LogP contribution in [-0.4, -0.2) is 20.4 Å². The van der Waals surface area contributed by atoms with E-state index < -0.39 is 23.3 Å². The lowest BCUT2D eigenvalue weighted by Gasteiger charge is -2.10. The first kappa shape index (κ1) is 18.5. The van der Waals surface area contributed by atoms with Gasteiger partial charge in [-0.25, -0.2) is 4.98 Å². The summed E-state index contributed by atoms with van der Waals surface area (Å²) in [6.07, 6.45) is -0.863. The zero-order valence-corrected chi connectivity index (χ0v) is 15.4. The highest BCUT2D eigenvalue weighted by molar-refractivity contribution is 7.09. The Hall–Kier alpha value is -2.85. The highest BCUT2D eigenvalue weighted by Gasteiger charge is 2.36. The Morgan fingerprint density at radius 2 is 2.18 bits per heavy atom. The lowest BCUT2D eigenvalue weighted by atomic mass is 10.1. The SMILES string of the molecule is O=C(NCc1cccs1)c1nc2c(C(F)(F)F)cc(-c3cnoc3)cn2c1Cl. The zero-order chi connectivity index (χ0) is 19.9. The Labute approximate surface area is 164 Å². The monoisotopic (exact) mass is 426 g/mol. The summed E-state index contributed by atoms with van der Waals surface area (Å²) in [6.45, 7) is 0.221. The Bertz CT molecular complexity index is 1140. The average molecular weight is 427 g/mol. The molecule has 0 aliphatic carbocycles. The van der Waals surface area contributed by atoms with Crippen LogP contribution in [0, 0.1) is 0 Å². The van der Waals surface area contributed by atoms with E-state index in [2.05, 4.69) is 15.5 Å². The first-order chi connectivity index (χ1) is 13.3. The molecule has 0 aliphatic rings. The number of alkyl halides is 3. The van der Waals surface area contributed by atoms with Crippen molar-refractivity contribution in [2.45, 2.75) is 12.7 Å². The maximum Gasteiger partial charge on any atom is 0.420 e. The number of carbonyl (C=O) groups excluding carboxylic acids is 1. The van der Waals surface area contributed by atoms with Gasteiger partial charge in [0, 0.05) is 22.2 Å². The van der Waals surface area contributed by atoms with Crippen molar-refractivity contribution in [3.63, 3.8) is 0 Å². The van der Waals surface area contributed by atoms with Crippen LogP contribution in [0.25, 0.3) is 16.8 Å². The van der Waals surface area contributed by atoms with Crippen LogP contribution in [0.5, 0.6) is 0 Å². The van der Waals surface area contributed by atoms with Crippen molar-refractivity contribution in [3.05, 3.63) is 63.5 Å². The third-order valence-electron chi connectivity index (χ3n) is 3.95. The van der Waals surface area contributed by atoms with Crippen LogP contribution in [-0.2, 0) is 12.7 Å². The number of rotatable bonds is 4. The summed E-state index contributed by atoms with van der Waals surface area (Å²) in [4.78, 5) is 17.2. The zero-order valence-electron chi connectivity index (χ0n) is 13.8. The van der Waals surface area contributed by atoms with Crippen LogP contribution in [0.2, 0.25) is 5.15 Å². The number of pyridine rings is 1. The Balaban J connectivity index is 1.79. The van der Waals surface area contributed by atoms with Crippen LogP contribution in [0.1, 0.15) is 20.9 Å². The quantitative estimate of drug-likeness (QED) is 0.515. The molecule has 0 aliphatic heterocycles. The normalized spacial score (nSPS) is 11.9. The molecule has 0 fully saturated rings. The van der Waals surface area contributed by atoms with E-state index in [4.69, 9.17) is 16.1 Å². The number of nitrogens with one attached hydrogen (secondary N) is 1. The van der Waals surface area contributed by atoms with E-state index in [1.165, 1.54) is 30.0 Å². The minimum Gasteiger partial charge on any atom is -0.364 e. The second kappa shape index (κ2) is 6.95. The molecule has 11 heteroatoms. The third-order valence-corrected chi connectivity index (χ3v) is 5.19. The van der Waals surface area contributed by atoms with E-state index in [9.17, 15) is 18.0 Å². The van der Waals surface area contributed by atoms with Crippen molar-refractivity contribution >= 4 is 34.5 Å². The molecule has 0 spiro atoms. The molecule has 0 radical (unpaired) electrons. The number of hydrogen-bond acceptors (Lipinski definition) is 5. The number of aromatic nitrogens is 3. The summed E-state index contributed by atoms with van der Waals surface area (Å²) in [5.41, 5.74) is -1.26. The van der Waals surface area contributed by atoms with Gasteiger partial charge in [-0.15, -0.1) is 11.3 Å². The molecule has 4 rings (SSSR count). The average Bonchev–Trinajstić information content (AvgIpc) is 3.40. The lowest BCUT2D eigenvalue weighted by molar-refractivity contribution is -0.136. The summed E-state index contributed by atoms with van der Waals surface area (Å²) in [5.74, 6) is -0.665. The molecule has 0 unspecified atom stereocenters. The topological polar surface area (TPSA) is 72.4 Å². The van der Waals surface area contributed by atoms with Crippen molar-refractivity contribution in [1.82, 2.24) is 19.9 Å². The maximum atomic E-state index is 13.6. The highest BCUT2D eigenvalue weighted by atomic mass is 35.5. The van der Waals surface area contributed by atoms with Gasteiger partial charge >= 0.3 is 6.18 Å². The van der Waals surface area contributed by atoms with Gasteiger partial charge in [0.25, 0.3) is 5.91 Å². The molecule has 0 aromatic carbocycles. The van der Waals surface area contributed by atoms with E-state index >= 15 is 0 Å². The van der Waals surface area contributed by atoms with Crippen molar-refractivity contribution in [2.75, 3.05) is 0 Å². The van der Waals surface area contributed by atoms with Gasteiger partial charge in [0.1, 0.15) is 11.4 Å². The van der Waals surface area contributed by atoms with E-state index in [-0.39, 0.29) is 23.0 Å². The first-order valence-electron chi connectivity index (χ1n) is 7.83. The molecule has 6 nitrogen and oxygen atoms in total. The summed E-state index contributed by atoms with van der Waals surface area (Å²) in [7, 11) is 0. The number of halogens is 4. The molecule has 1 amide bonds. The molecule has 0 atom stereocenters. The Kier molecular flexibility index (Phi) is 4.60. The molecular formula is C17H10ClF3N4O2S. The third kappa shape index (κ3) is 3.36. The summed E-state index contributed by atoms with van der Waals surface area (Å²) in [6, 6.07) is 4.56. The van der Waals surface area contributed by atoms with Crippen LogP contribution in [0.15, 0.2) is 46.8 Å². The molecule has 4 aromatic rings. The molecule has 0 saturated heterocycles. The minimum atomic E-state index is -4.70. The largest absolute Gasteiger partial charge is 0.420 e. The second-order valence-corrected chi connectivity index (χ2v) is 7.15. The summed E-state index contributed by atoms with van der Waals surface area (Å²) >= 11 is 7.64. The van der Waals surface area contributed by atoms with Gasteiger partial charge in [0.15, 0.2) is 11.3 Å². The Morgan fingerprint density at radius 1 is 1.36 bits per heavy atom. The smallest absolute Gasteiger partial charge is 0.364 e. The summed E-state index contributed by atoms with van der Waals surface area (Å²) in [5, 5.41) is 7.73. The summed E-state index contributed by atoms with van der Waals surface area (Å²) < 4.78 is 46.5. The number of nitrogens with zero attached hydrogens (tertiary/aromatic N) is 3. The predicted molar refractivity (Wildman–Crippen MR) is 96.2 cm³/mol. The molecule has 4 heterocycles. The fourth-order valence-corrected chi connectivity index (χ4v) is 3.54. The Morgan fingerprint density at radius 3 is 2.82 bits per heavy atom. The van der Waals surface area contributed by atoms with E-state index in [1.54, 1.807) is 0 Å². The van der Waals surface area contributed by atoms with Crippen LogP contribution in [0.4, 0.5) is 13.2 Å². The van der Waals surface area contributed by atoms with E-state index in [0.717, 1.165) is 15.3 Å². The first-order valence-corrected chi connectivity index (χ1v) is 9.09. The number of imidazole rings is 1. The van der Waals surface area contributed by atoms with Gasteiger partial charge in [0.2, 0.25) is 0 Å². The van der Waals surface area contributed by atoms with Gasteiger partial charge in [-0.3, -0.25) is 9.20 Å². The van der Waals surface area contributed by atoms with Crippen molar-refractivity contribution in [3.8, 4) is 11.1 Å². The van der Waals surface area contributed by atoms with Crippen LogP contribution < -0.4 is 5.32 Å². The van der Waals surface area contributed by atoms with Crippen molar-refractivity contribution in [1.29, 1.82) is 0 Å². The van der Waals surface area contributed by atoms with Gasteiger partial charge in [-0.1, -0.05) is 22.8 Å². The van der Waals surface area contributed by atoms with E-state index in [1.807, 2.05) is 17.5 Å². The standard InChI is InChI=1S/C17H10ClF3N4O2S/c18-14-13(16(26)22-6-11-2-1-3-28-11)24-15-12(17(19,20)21)4-9(7-25(14)15)10-5-23-27-8-10/h1-5,7-8H,6H2,(H,22,26). The fraction of sp³-hybridized carbons (Fsp3) is 0.118. The number of amides is 1. The molecule has 4 aromatic heterocycles. The van der Waals surface area contributed by atoms with Gasteiger partial charge in [-0.2, -0.15) is 13.2 Å². The van der Waals surface area contributed by atoms with Crippen LogP contribution >= 0.6 is 22.9 Å². The number of hydrogen-bond donors (Lipinski definition) is 1. The molecule has 1 N–H and O–H groups in total. The van der Waals surface area contributed by atoms with Crippen molar-refractivity contribution < 1.29 is 22.5 Å². The minimum absolute atomic E-state index is 0.172. The maximum absolute atomic E-state index is 13.6. The molecule has 0 saturated carbocycles. The molecule has 0 bridgehead atoms. The second-order valence-electron chi connectivity index (χ2n) is 5.76. The van der Waals surface area contributed by atoms with Gasteiger partial charge in [-0.05, 0) is 17.5 Å². The number of thiophene rings is 1. The van der Waals surface area contributed by atoms with Crippen molar-refractivity contribution in [2.24, 2.45) is 0 Å². The van der Waals surface area contributed by atoms with Gasteiger partial charge in [0.05, 0.1) is 18.3 Å². The number of carbonyl (C=O) groups is 1. The number of fused-ring (bicyclic) bond motifs is 1. The van der Waals surface area contributed by atoms with E-state index in [0.29, 0.717) is 5.56 Å². The lowest BCUT2D eigenvalue weighted by Crippen LogP contribution is -2.23. The molecule has 144 valence electrons. The fourth-order valence-electron chi connectivity index (χ4n) is 2.64. The highest BCUT2D eigenvalue weighted by Crippen LogP contribution is 2.36. The van der Waals surface area contributed by atoms with Gasteiger partial charge < -0.3 is 9.84 Å². The van der Waals surface area contributed by atoms with Crippen LogP contribution in [0.3, 0.4) is 0 Å². The molecular weight excluding hydrogens is 417 g/mol. The predicted octanol–water partition coefficient (Wildman–Crippen LogP) is 4.65.